The largest absolute Gasteiger partial charge is 0.494 e. The Hall–Kier alpha value is -2.72. The van der Waals surface area contributed by atoms with E-state index in [0.717, 1.165) is 22.6 Å². The number of rotatable bonds is 8. The molecule has 1 amide bonds. The Bertz CT molecular complexity index is 939. The number of hydrogen-bond donors (Lipinski definition) is 0. The molecule has 0 heterocycles. The van der Waals surface area contributed by atoms with Crippen molar-refractivity contribution in [1.82, 2.24) is 4.90 Å². The van der Waals surface area contributed by atoms with Crippen molar-refractivity contribution in [3.63, 3.8) is 0 Å². The number of hydrogen-bond acceptors (Lipinski definition) is 3. The van der Waals surface area contributed by atoms with Crippen molar-refractivity contribution in [2.75, 3.05) is 13.7 Å². The first-order valence-electron chi connectivity index (χ1n) is 9.81. The topological polar surface area (TPSA) is 29.5 Å². The second kappa shape index (κ2) is 10.2. The van der Waals surface area contributed by atoms with Crippen molar-refractivity contribution in [2.45, 2.75) is 31.0 Å². The highest BCUT2D eigenvalue weighted by atomic mass is 32.2. The summed E-state index contributed by atoms with van der Waals surface area (Å²) in [5.74, 6) is 1.61. The predicted octanol–water partition coefficient (Wildman–Crippen LogP) is 5.96. The number of ether oxygens (including phenoxy) is 1. The summed E-state index contributed by atoms with van der Waals surface area (Å²) in [6.45, 7) is 5.25. The van der Waals surface area contributed by atoms with E-state index >= 15 is 0 Å². The van der Waals surface area contributed by atoms with Crippen LogP contribution in [0.5, 0.6) is 5.75 Å². The highest BCUT2D eigenvalue weighted by molar-refractivity contribution is 7.98. The maximum atomic E-state index is 13.0. The molecule has 3 rings (SSSR count). The number of benzene rings is 3. The highest BCUT2D eigenvalue weighted by Crippen LogP contribution is 2.29. The van der Waals surface area contributed by atoms with E-state index in [1.165, 1.54) is 10.5 Å². The van der Waals surface area contributed by atoms with Crippen LogP contribution in [0.1, 0.15) is 34.0 Å². The molecular weight excluding hydrogens is 378 g/mol. The molecule has 0 aromatic heterocycles. The Labute approximate surface area is 177 Å². The molecular formula is C25H27NO2S. The quantitative estimate of drug-likeness (QED) is 0.433. The Balaban J connectivity index is 1.75. The fourth-order valence-electron chi connectivity index (χ4n) is 3.07. The van der Waals surface area contributed by atoms with E-state index in [4.69, 9.17) is 4.74 Å². The van der Waals surface area contributed by atoms with Gasteiger partial charge in [0, 0.05) is 35.4 Å². The molecule has 0 spiro atoms. The van der Waals surface area contributed by atoms with E-state index in [9.17, 15) is 4.79 Å². The van der Waals surface area contributed by atoms with Gasteiger partial charge in [-0.25, -0.2) is 0 Å². The van der Waals surface area contributed by atoms with Crippen LogP contribution in [0.15, 0.2) is 77.7 Å². The van der Waals surface area contributed by atoms with Crippen LogP contribution < -0.4 is 4.74 Å². The van der Waals surface area contributed by atoms with E-state index in [0.29, 0.717) is 18.7 Å². The van der Waals surface area contributed by atoms with E-state index in [1.807, 2.05) is 62.5 Å². The van der Waals surface area contributed by atoms with Gasteiger partial charge in [-0.2, -0.15) is 0 Å². The Morgan fingerprint density at radius 3 is 2.41 bits per heavy atom. The molecule has 0 unspecified atom stereocenters. The lowest BCUT2D eigenvalue weighted by Gasteiger charge is -2.19. The molecule has 0 saturated carbocycles. The number of amides is 1. The average molecular weight is 406 g/mol. The van der Waals surface area contributed by atoms with Crippen LogP contribution in [0.25, 0.3) is 0 Å². The van der Waals surface area contributed by atoms with Gasteiger partial charge in [0.25, 0.3) is 5.91 Å². The van der Waals surface area contributed by atoms with Gasteiger partial charge in [-0.05, 0) is 49.7 Å². The zero-order valence-corrected chi connectivity index (χ0v) is 18.0. The van der Waals surface area contributed by atoms with Gasteiger partial charge >= 0.3 is 0 Å². The predicted molar refractivity (Wildman–Crippen MR) is 121 cm³/mol. The minimum atomic E-state index is 0.0125. The zero-order valence-electron chi connectivity index (χ0n) is 17.2. The number of carbonyl (C=O) groups excluding carboxylic acids is 1. The van der Waals surface area contributed by atoms with Crippen molar-refractivity contribution >= 4 is 17.7 Å². The molecule has 0 aliphatic heterocycles. The molecule has 150 valence electrons. The number of aryl methyl sites for hydroxylation is 1. The third kappa shape index (κ3) is 5.88. The molecule has 3 nitrogen and oxygen atoms in total. The molecule has 0 atom stereocenters. The van der Waals surface area contributed by atoms with Gasteiger partial charge in [-0.3, -0.25) is 4.79 Å². The number of thioether (sulfide) groups is 1. The fourth-order valence-corrected chi connectivity index (χ4v) is 3.94. The van der Waals surface area contributed by atoms with Gasteiger partial charge in [0.05, 0.1) is 6.61 Å². The van der Waals surface area contributed by atoms with Gasteiger partial charge in [-0.1, -0.05) is 48.0 Å². The maximum Gasteiger partial charge on any atom is 0.253 e. The summed E-state index contributed by atoms with van der Waals surface area (Å²) in [7, 11) is 1.84. The molecule has 0 aliphatic carbocycles. The highest BCUT2D eigenvalue weighted by Gasteiger charge is 2.15. The van der Waals surface area contributed by atoms with Crippen LogP contribution in [0, 0.1) is 6.92 Å². The van der Waals surface area contributed by atoms with Crippen LogP contribution in [-0.2, 0) is 12.3 Å². The van der Waals surface area contributed by atoms with E-state index in [1.54, 1.807) is 16.7 Å². The summed E-state index contributed by atoms with van der Waals surface area (Å²) in [6.07, 6.45) is 0. The lowest BCUT2D eigenvalue weighted by atomic mass is 10.1. The summed E-state index contributed by atoms with van der Waals surface area (Å²) in [6, 6.07) is 24.3. The number of carbonyl (C=O) groups is 1. The first-order valence-corrected chi connectivity index (χ1v) is 10.8. The van der Waals surface area contributed by atoms with Gasteiger partial charge in [0.15, 0.2) is 0 Å². The van der Waals surface area contributed by atoms with Crippen LogP contribution >= 0.6 is 11.8 Å². The van der Waals surface area contributed by atoms with Crippen molar-refractivity contribution in [3.05, 3.63) is 95.1 Å². The normalized spacial score (nSPS) is 10.6. The second-order valence-electron chi connectivity index (χ2n) is 7.00. The van der Waals surface area contributed by atoms with Crippen LogP contribution in [0.4, 0.5) is 0 Å². The lowest BCUT2D eigenvalue weighted by molar-refractivity contribution is 0.0785. The molecule has 0 N–H and O–H groups in total. The standard InChI is InChI=1S/C25H27NO2S/c1-4-28-24-15-12-21(25(27)26(3)17-20-8-6-5-7-9-20)16-22(24)18-29-23-13-10-19(2)11-14-23/h5-16H,4,17-18H2,1-3H3. The minimum absolute atomic E-state index is 0.0125. The SMILES string of the molecule is CCOc1ccc(C(=O)N(C)Cc2ccccc2)cc1CSc1ccc(C)cc1. The third-order valence-electron chi connectivity index (χ3n) is 4.63. The molecule has 3 aromatic rings. The molecule has 0 bridgehead atoms. The fraction of sp³-hybridized carbons (Fsp3) is 0.240. The van der Waals surface area contributed by atoms with Crippen molar-refractivity contribution in [1.29, 1.82) is 0 Å². The molecule has 29 heavy (non-hydrogen) atoms. The summed E-state index contributed by atoms with van der Waals surface area (Å²) < 4.78 is 5.80. The van der Waals surface area contributed by atoms with E-state index in [-0.39, 0.29) is 5.91 Å². The lowest BCUT2D eigenvalue weighted by Crippen LogP contribution is -2.26. The molecule has 0 saturated heterocycles. The van der Waals surface area contributed by atoms with Crippen LogP contribution in [0.2, 0.25) is 0 Å². The van der Waals surface area contributed by atoms with Gasteiger partial charge in [-0.15, -0.1) is 11.8 Å². The molecule has 0 fully saturated rings. The number of nitrogens with zero attached hydrogens (tertiary/aromatic N) is 1. The molecule has 0 radical (unpaired) electrons. The average Bonchev–Trinajstić information content (AvgIpc) is 2.74. The minimum Gasteiger partial charge on any atom is -0.494 e. The molecule has 0 aliphatic rings. The van der Waals surface area contributed by atoms with Gasteiger partial charge < -0.3 is 9.64 Å². The van der Waals surface area contributed by atoms with Gasteiger partial charge in [0.1, 0.15) is 5.75 Å². The third-order valence-corrected chi connectivity index (χ3v) is 5.69. The Morgan fingerprint density at radius 2 is 1.72 bits per heavy atom. The summed E-state index contributed by atoms with van der Waals surface area (Å²) in [5, 5.41) is 0. The van der Waals surface area contributed by atoms with Crippen molar-refractivity contribution in [2.24, 2.45) is 0 Å². The van der Waals surface area contributed by atoms with E-state index in [2.05, 4.69) is 31.2 Å². The summed E-state index contributed by atoms with van der Waals surface area (Å²) >= 11 is 1.75. The maximum absolute atomic E-state index is 13.0. The monoisotopic (exact) mass is 405 g/mol. The zero-order chi connectivity index (χ0) is 20.6. The summed E-state index contributed by atoms with van der Waals surface area (Å²) in [4.78, 5) is 15.9. The first kappa shape index (κ1) is 21.0. The molecule has 4 heteroatoms. The first-order chi connectivity index (χ1) is 14.1. The molecule has 3 aromatic carbocycles. The van der Waals surface area contributed by atoms with Gasteiger partial charge in [0.2, 0.25) is 0 Å². The van der Waals surface area contributed by atoms with E-state index < -0.39 is 0 Å². The van der Waals surface area contributed by atoms with Crippen LogP contribution in [-0.4, -0.2) is 24.5 Å². The summed E-state index contributed by atoms with van der Waals surface area (Å²) in [5.41, 5.74) is 4.09. The van der Waals surface area contributed by atoms with Crippen LogP contribution in [0.3, 0.4) is 0 Å². The Morgan fingerprint density at radius 1 is 1.00 bits per heavy atom. The van der Waals surface area contributed by atoms with Crippen molar-refractivity contribution in [3.8, 4) is 5.75 Å². The second-order valence-corrected chi connectivity index (χ2v) is 8.05. The smallest absolute Gasteiger partial charge is 0.253 e. The Kier molecular flexibility index (Phi) is 7.36. The van der Waals surface area contributed by atoms with Crippen molar-refractivity contribution < 1.29 is 9.53 Å².